The van der Waals surface area contributed by atoms with E-state index in [2.05, 4.69) is 0 Å². The molecule has 0 aliphatic carbocycles. The van der Waals surface area contributed by atoms with E-state index in [4.69, 9.17) is 20.4 Å². The van der Waals surface area contributed by atoms with Crippen molar-refractivity contribution in [3.8, 4) is 0 Å². The van der Waals surface area contributed by atoms with Gasteiger partial charge in [-0.2, -0.15) is 55.4 Å². The van der Waals surface area contributed by atoms with Crippen LogP contribution in [0.25, 0.3) is 0 Å². The van der Waals surface area contributed by atoms with E-state index in [0.717, 1.165) is 0 Å². The second-order valence-corrected chi connectivity index (χ2v) is 3.79. The van der Waals surface area contributed by atoms with Crippen molar-refractivity contribution in [1.82, 2.24) is 0 Å². The number of hydrogen-bond donors (Lipinski definition) is 4. The van der Waals surface area contributed by atoms with Gasteiger partial charge in [-0.25, -0.2) is 24.4 Å². The second-order valence-electron chi connectivity index (χ2n) is 3.79. The molecule has 17 heavy (non-hydrogen) atoms. The summed E-state index contributed by atoms with van der Waals surface area (Å²) in [4.78, 5) is 0. The van der Waals surface area contributed by atoms with Gasteiger partial charge >= 0.3 is 21.7 Å². The molecule has 0 amide bonds. The Morgan fingerprint density at radius 3 is 0.412 bits per heavy atom. The molecular weight excluding hydrogens is 256 g/mol. The van der Waals surface area contributed by atoms with E-state index >= 15 is 0 Å². The van der Waals surface area contributed by atoms with Gasteiger partial charge in [-0.1, -0.05) is 0 Å². The molecule has 0 heterocycles. The Labute approximate surface area is 122 Å². The Kier molecular flexibility index (Phi) is 45.6. The van der Waals surface area contributed by atoms with Gasteiger partial charge in [-0.3, -0.25) is 0 Å². The number of hydrogen-bond acceptors (Lipinski definition) is 4. The van der Waals surface area contributed by atoms with Gasteiger partial charge in [0.1, 0.15) is 0 Å². The minimum Gasteiger partial charge on any atom is -0.563 e. The molecule has 0 unspecified atom stereocenters. The first-order valence-corrected chi connectivity index (χ1v) is 4.89. The number of aliphatic hydroxyl groups excluding tert-OH is 4. The second kappa shape index (κ2) is 25.4. The van der Waals surface area contributed by atoms with Gasteiger partial charge in [0.15, 0.2) is 0 Å². The molecule has 5 heteroatoms. The molecule has 0 aliphatic rings. The van der Waals surface area contributed by atoms with Crippen molar-refractivity contribution in [1.29, 1.82) is 0 Å². The van der Waals surface area contributed by atoms with Crippen LogP contribution >= 0.6 is 0 Å². The summed E-state index contributed by atoms with van der Waals surface area (Å²) in [7, 11) is 0. The van der Waals surface area contributed by atoms with Crippen LogP contribution in [0.5, 0.6) is 0 Å². The van der Waals surface area contributed by atoms with Crippen LogP contribution in [0.15, 0.2) is 0 Å². The zero-order valence-corrected chi connectivity index (χ0v) is 13.9. The van der Waals surface area contributed by atoms with Crippen LogP contribution in [0.3, 0.4) is 0 Å². The van der Waals surface area contributed by atoms with Crippen molar-refractivity contribution in [2.45, 2.75) is 55.4 Å². The summed E-state index contributed by atoms with van der Waals surface area (Å²) in [5, 5.41) is 31.9. The third kappa shape index (κ3) is 11400. The van der Waals surface area contributed by atoms with Gasteiger partial charge in [0.2, 0.25) is 0 Å². The van der Waals surface area contributed by atoms with Crippen LogP contribution in [0.4, 0.5) is 0 Å². The molecule has 0 saturated heterocycles. The van der Waals surface area contributed by atoms with E-state index in [0.29, 0.717) is 24.4 Å². The van der Waals surface area contributed by atoms with Crippen molar-refractivity contribution in [2.75, 3.05) is 0 Å². The predicted molar refractivity (Wildman–Crippen MR) is 66.1 cm³/mol. The Balaban J connectivity index is -0.0000000369. The molecule has 0 bridgehead atoms. The maximum absolute atomic E-state index is 7.97. The van der Waals surface area contributed by atoms with Crippen LogP contribution in [0.2, 0.25) is 0 Å². The van der Waals surface area contributed by atoms with Gasteiger partial charge in [0, 0.05) is 0 Å². The largest absolute Gasteiger partial charge is 4.00 e. The van der Waals surface area contributed by atoms with Crippen molar-refractivity contribution in [3.05, 3.63) is 24.4 Å². The summed E-state index contributed by atoms with van der Waals surface area (Å²) in [6.45, 7) is 13.1. The fraction of sp³-hybridized carbons (Fsp3) is 0.667. The van der Waals surface area contributed by atoms with Crippen LogP contribution in [0.1, 0.15) is 55.4 Å². The molecule has 0 aromatic rings. The first-order valence-electron chi connectivity index (χ1n) is 4.89. The molecule has 0 fully saturated rings. The van der Waals surface area contributed by atoms with Crippen LogP contribution in [-0.4, -0.2) is 20.4 Å². The quantitative estimate of drug-likeness (QED) is 0.403. The SMILES string of the molecule is C[C-](C)O.C[C-](C)O.C[C-](C)O.C[C-](C)O.[Ti+4]. The molecule has 0 rings (SSSR count). The first-order chi connectivity index (χ1) is 6.93. The summed E-state index contributed by atoms with van der Waals surface area (Å²) in [6, 6.07) is 0. The van der Waals surface area contributed by atoms with Gasteiger partial charge in [-0.05, 0) is 0 Å². The average molecular weight is 284 g/mol. The summed E-state index contributed by atoms with van der Waals surface area (Å²) < 4.78 is 0. The van der Waals surface area contributed by atoms with Gasteiger partial charge in [0.25, 0.3) is 0 Å². The number of aliphatic hydroxyl groups is 4. The smallest absolute Gasteiger partial charge is 0.563 e. The fourth-order valence-corrected chi connectivity index (χ4v) is 0. The van der Waals surface area contributed by atoms with E-state index in [-0.39, 0.29) is 21.7 Å². The molecular formula is C12H28O4Ti. The van der Waals surface area contributed by atoms with E-state index in [9.17, 15) is 0 Å². The van der Waals surface area contributed by atoms with Crippen molar-refractivity contribution < 1.29 is 42.1 Å². The molecule has 0 atom stereocenters. The summed E-state index contributed by atoms with van der Waals surface area (Å²) in [6.07, 6.45) is 1.67. The molecule has 0 aliphatic heterocycles. The van der Waals surface area contributed by atoms with E-state index < -0.39 is 0 Å². The maximum Gasteiger partial charge on any atom is 4.00 e. The first kappa shape index (κ1) is 30.5. The van der Waals surface area contributed by atoms with Gasteiger partial charge in [-0.15, -0.1) is 0 Å². The topological polar surface area (TPSA) is 80.9 Å². The Morgan fingerprint density at radius 1 is 0.412 bits per heavy atom. The third-order valence-corrected chi connectivity index (χ3v) is 0. The molecule has 0 aromatic heterocycles. The Bertz CT molecular complexity index is 61.5. The van der Waals surface area contributed by atoms with Crippen LogP contribution < -0.4 is 0 Å². The molecule has 0 radical (unpaired) electrons. The Morgan fingerprint density at radius 2 is 0.412 bits per heavy atom. The fourth-order valence-electron chi connectivity index (χ4n) is 0. The van der Waals surface area contributed by atoms with Gasteiger partial charge in [0.05, 0.1) is 0 Å². The minimum absolute atomic E-state index is 0. The zero-order valence-electron chi connectivity index (χ0n) is 12.3. The van der Waals surface area contributed by atoms with E-state index in [1.807, 2.05) is 0 Å². The van der Waals surface area contributed by atoms with Gasteiger partial charge < -0.3 is 20.4 Å². The molecule has 0 saturated carbocycles. The Hall–Kier alpha value is 0.554. The van der Waals surface area contributed by atoms with Crippen LogP contribution in [0, 0.1) is 24.4 Å². The summed E-state index contributed by atoms with van der Waals surface area (Å²) in [5.41, 5.74) is 0. The predicted octanol–water partition coefficient (Wildman–Crippen LogP) is 3.72. The summed E-state index contributed by atoms with van der Waals surface area (Å²) in [5.74, 6) is 0. The average Bonchev–Trinajstić information content (AvgIpc) is 1.76. The molecule has 0 aromatic carbocycles. The van der Waals surface area contributed by atoms with Crippen molar-refractivity contribution in [2.24, 2.45) is 0 Å². The molecule has 4 nitrogen and oxygen atoms in total. The zero-order chi connectivity index (χ0) is 14.3. The normalized spacial score (nSPS) is 8.47. The van der Waals surface area contributed by atoms with E-state index in [1.165, 1.54) is 0 Å². The molecule has 104 valence electrons. The van der Waals surface area contributed by atoms with E-state index in [1.54, 1.807) is 55.4 Å². The van der Waals surface area contributed by atoms with Crippen molar-refractivity contribution >= 4 is 0 Å². The van der Waals surface area contributed by atoms with Crippen molar-refractivity contribution in [3.63, 3.8) is 0 Å². The minimum atomic E-state index is 0. The summed E-state index contributed by atoms with van der Waals surface area (Å²) >= 11 is 0. The standard InChI is InChI=1S/4C3H7O.Ti/c4*1-3(2)4;/h4*4H,1-2H3;/q4*-1;+4. The van der Waals surface area contributed by atoms with Crippen LogP contribution in [-0.2, 0) is 21.7 Å². The molecule has 0 spiro atoms. The third-order valence-electron chi connectivity index (χ3n) is 0. The molecule has 4 N–H and O–H groups in total. The number of rotatable bonds is 0. The monoisotopic (exact) mass is 284 g/mol. The maximum atomic E-state index is 7.97.